The van der Waals surface area contributed by atoms with Crippen LogP contribution in [0.15, 0.2) is 23.1 Å². The van der Waals surface area contributed by atoms with Gasteiger partial charge in [-0.15, -0.1) is 0 Å². The van der Waals surface area contributed by atoms with Crippen molar-refractivity contribution in [2.75, 3.05) is 37.8 Å². The Kier molecular flexibility index (Phi) is 7.02. The molecule has 0 aliphatic carbocycles. The SMILES string of the molecule is C[C@@H]1C[C@@H](C)CN(S(=O)(=O)NCCNc2ccc(S(C)(=O)=O)cc2[N+](=O)[O-])C1. The van der Waals surface area contributed by atoms with Crippen LogP contribution in [0.3, 0.4) is 0 Å². The molecule has 28 heavy (non-hydrogen) atoms. The predicted molar refractivity (Wildman–Crippen MR) is 106 cm³/mol. The van der Waals surface area contributed by atoms with Gasteiger partial charge in [-0.25, -0.2) is 13.1 Å². The van der Waals surface area contributed by atoms with Crippen LogP contribution in [0.5, 0.6) is 0 Å². The molecule has 2 N–H and O–H groups in total. The molecule has 0 spiro atoms. The number of hydrogen-bond donors (Lipinski definition) is 2. The van der Waals surface area contributed by atoms with Crippen LogP contribution in [-0.4, -0.2) is 58.5 Å². The predicted octanol–water partition coefficient (Wildman–Crippen LogP) is 1.22. The van der Waals surface area contributed by atoms with E-state index >= 15 is 0 Å². The van der Waals surface area contributed by atoms with E-state index in [-0.39, 0.29) is 41.2 Å². The van der Waals surface area contributed by atoms with E-state index in [1.54, 1.807) is 0 Å². The van der Waals surface area contributed by atoms with Crippen molar-refractivity contribution < 1.29 is 21.8 Å². The van der Waals surface area contributed by atoms with E-state index in [0.29, 0.717) is 13.1 Å². The third-order valence-electron chi connectivity index (χ3n) is 4.49. The van der Waals surface area contributed by atoms with Gasteiger partial charge in [0.1, 0.15) is 5.69 Å². The molecule has 0 saturated carbocycles. The molecule has 158 valence electrons. The van der Waals surface area contributed by atoms with Gasteiger partial charge in [-0.05, 0) is 30.4 Å². The molecule has 10 nitrogen and oxygen atoms in total. The smallest absolute Gasteiger partial charge is 0.293 e. The van der Waals surface area contributed by atoms with Gasteiger partial charge in [0.2, 0.25) is 0 Å². The number of benzene rings is 1. The normalized spacial score (nSPS) is 21.4. The van der Waals surface area contributed by atoms with Crippen molar-refractivity contribution >= 4 is 31.4 Å². The summed E-state index contributed by atoms with van der Waals surface area (Å²) in [6.07, 6.45) is 1.96. The molecule has 2 atom stereocenters. The number of sulfone groups is 1. The summed E-state index contributed by atoms with van der Waals surface area (Å²) >= 11 is 0. The zero-order valence-corrected chi connectivity index (χ0v) is 17.7. The van der Waals surface area contributed by atoms with E-state index < -0.39 is 25.0 Å². The number of hydrogen-bond acceptors (Lipinski definition) is 7. The molecule has 1 saturated heterocycles. The first-order chi connectivity index (χ1) is 12.9. The molecule has 1 aromatic rings. The van der Waals surface area contributed by atoms with Crippen molar-refractivity contribution in [2.45, 2.75) is 25.2 Å². The maximum atomic E-state index is 12.4. The van der Waals surface area contributed by atoms with E-state index in [2.05, 4.69) is 10.0 Å². The quantitative estimate of drug-likeness (QED) is 0.356. The molecule has 0 amide bonds. The summed E-state index contributed by atoms with van der Waals surface area (Å²) in [6, 6.07) is 3.56. The Bertz CT molecular complexity index is 922. The molecular formula is C16H26N4O6S2. The van der Waals surface area contributed by atoms with Crippen molar-refractivity contribution in [1.82, 2.24) is 9.03 Å². The van der Waals surface area contributed by atoms with E-state index in [1.165, 1.54) is 16.4 Å². The Morgan fingerprint density at radius 3 is 2.29 bits per heavy atom. The van der Waals surface area contributed by atoms with Gasteiger partial charge < -0.3 is 5.32 Å². The van der Waals surface area contributed by atoms with Crippen molar-refractivity contribution in [3.8, 4) is 0 Å². The van der Waals surface area contributed by atoms with Crippen LogP contribution in [0.1, 0.15) is 20.3 Å². The summed E-state index contributed by atoms with van der Waals surface area (Å²) in [6.45, 7) is 5.10. The molecule has 0 bridgehead atoms. The third-order valence-corrected chi connectivity index (χ3v) is 7.15. The second kappa shape index (κ2) is 8.72. The van der Waals surface area contributed by atoms with Crippen molar-refractivity contribution in [3.63, 3.8) is 0 Å². The summed E-state index contributed by atoms with van der Waals surface area (Å²) in [7, 11) is -7.20. The molecule has 2 rings (SSSR count). The lowest BCUT2D eigenvalue weighted by Crippen LogP contribution is -2.48. The van der Waals surface area contributed by atoms with Crippen LogP contribution in [0.25, 0.3) is 0 Å². The van der Waals surface area contributed by atoms with Gasteiger partial charge in [-0.2, -0.15) is 12.7 Å². The summed E-state index contributed by atoms with van der Waals surface area (Å²) in [5, 5.41) is 14.0. The van der Waals surface area contributed by atoms with E-state index in [9.17, 15) is 26.9 Å². The second-order valence-corrected chi connectivity index (χ2v) is 11.1. The fraction of sp³-hybridized carbons (Fsp3) is 0.625. The fourth-order valence-electron chi connectivity index (χ4n) is 3.31. The fourth-order valence-corrected chi connectivity index (χ4v) is 5.40. The van der Waals surface area contributed by atoms with Crippen LogP contribution in [-0.2, 0) is 20.0 Å². The van der Waals surface area contributed by atoms with Gasteiger partial charge in [0, 0.05) is 38.5 Å². The summed E-state index contributed by atoms with van der Waals surface area (Å²) in [5.41, 5.74) is -0.263. The number of nitro groups is 1. The highest BCUT2D eigenvalue weighted by molar-refractivity contribution is 7.90. The molecule has 1 heterocycles. The van der Waals surface area contributed by atoms with Gasteiger partial charge in [-0.3, -0.25) is 10.1 Å². The number of nitro benzene ring substituents is 1. The molecule has 1 aliphatic heterocycles. The van der Waals surface area contributed by atoms with Crippen LogP contribution in [0.4, 0.5) is 11.4 Å². The number of piperidine rings is 1. The van der Waals surface area contributed by atoms with Gasteiger partial charge in [0.25, 0.3) is 15.9 Å². The Morgan fingerprint density at radius 2 is 1.75 bits per heavy atom. The largest absolute Gasteiger partial charge is 0.378 e. The first-order valence-electron chi connectivity index (χ1n) is 8.87. The zero-order valence-electron chi connectivity index (χ0n) is 16.1. The standard InChI is InChI=1S/C16H26N4O6S2/c1-12-8-13(2)11-19(10-12)28(25,26)18-7-6-17-15-5-4-14(27(3,23)24)9-16(15)20(21)22/h4-5,9,12-13,17-18H,6-8,10-11H2,1-3H3/t12-,13-/m1/s1. The highest BCUT2D eigenvalue weighted by Gasteiger charge is 2.30. The Labute approximate surface area is 165 Å². The van der Waals surface area contributed by atoms with Crippen LogP contribution < -0.4 is 10.0 Å². The van der Waals surface area contributed by atoms with Crippen LogP contribution in [0, 0.1) is 22.0 Å². The van der Waals surface area contributed by atoms with Crippen LogP contribution in [0.2, 0.25) is 0 Å². The molecule has 12 heteroatoms. The Morgan fingerprint density at radius 1 is 1.14 bits per heavy atom. The summed E-state index contributed by atoms with van der Waals surface area (Å²) < 4.78 is 51.9. The number of rotatable bonds is 8. The second-order valence-electron chi connectivity index (χ2n) is 7.30. The van der Waals surface area contributed by atoms with Crippen molar-refractivity contribution in [2.24, 2.45) is 11.8 Å². The summed E-state index contributed by atoms with van der Waals surface area (Å²) in [5.74, 6) is 0.573. The van der Waals surface area contributed by atoms with E-state index in [4.69, 9.17) is 0 Å². The monoisotopic (exact) mass is 434 g/mol. The topological polar surface area (TPSA) is 139 Å². The van der Waals surface area contributed by atoms with Gasteiger partial charge in [0.15, 0.2) is 9.84 Å². The highest BCUT2D eigenvalue weighted by Crippen LogP contribution is 2.27. The number of nitrogens with zero attached hydrogens (tertiary/aromatic N) is 2. The zero-order chi connectivity index (χ0) is 21.1. The minimum atomic E-state index is -3.63. The summed E-state index contributed by atoms with van der Waals surface area (Å²) in [4.78, 5) is 10.4. The van der Waals surface area contributed by atoms with E-state index in [1.807, 2.05) is 13.8 Å². The molecule has 0 radical (unpaired) electrons. The van der Waals surface area contributed by atoms with Gasteiger partial charge >= 0.3 is 0 Å². The van der Waals surface area contributed by atoms with E-state index in [0.717, 1.165) is 18.7 Å². The van der Waals surface area contributed by atoms with Crippen molar-refractivity contribution in [3.05, 3.63) is 28.3 Å². The molecule has 1 aliphatic rings. The maximum absolute atomic E-state index is 12.4. The minimum Gasteiger partial charge on any atom is -0.378 e. The molecule has 0 aromatic heterocycles. The average Bonchev–Trinajstić information content (AvgIpc) is 2.57. The molecule has 1 fully saturated rings. The lowest BCUT2D eigenvalue weighted by Gasteiger charge is -2.33. The van der Waals surface area contributed by atoms with Crippen LogP contribution >= 0.6 is 0 Å². The van der Waals surface area contributed by atoms with Crippen molar-refractivity contribution in [1.29, 1.82) is 0 Å². The maximum Gasteiger partial charge on any atom is 0.293 e. The lowest BCUT2D eigenvalue weighted by atomic mass is 9.94. The average molecular weight is 435 g/mol. The molecular weight excluding hydrogens is 408 g/mol. The van der Waals surface area contributed by atoms with Gasteiger partial charge in [-0.1, -0.05) is 13.8 Å². The third kappa shape index (κ3) is 5.87. The number of nitrogens with one attached hydrogen (secondary N) is 2. The van der Waals surface area contributed by atoms with Gasteiger partial charge in [0.05, 0.1) is 9.82 Å². The lowest BCUT2D eigenvalue weighted by molar-refractivity contribution is -0.384. The minimum absolute atomic E-state index is 0.0343. The number of anilines is 1. The molecule has 0 unspecified atom stereocenters. The Balaban J connectivity index is 1.98. The first-order valence-corrected chi connectivity index (χ1v) is 12.2. The Hall–Kier alpha value is -1.76. The molecule has 1 aromatic carbocycles. The highest BCUT2D eigenvalue weighted by atomic mass is 32.2. The first kappa shape index (κ1) is 22.5.